The minimum absolute atomic E-state index is 0.176. The van der Waals surface area contributed by atoms with Crippen molar-refractivity contribution in [2.75, 3.05) is 0 Å². The van der Waals surface area contributed by atoms with E-state index in [0.29, 0.717) is 6.07 Å². The number of rotatable bonds is 2. The van der Waals surface area contributed by atoms with Gasteiger partial charge in [-0.25, -0.2) is 8.78 Å². The minimum Gasteiger partial charge on any atom is -0.535 e. The summed E-state index contributed by atoms with van der Waals surface area (Å²) in [4.78, 5) is 0. The van der Waals surface area contributed by atoms with E-state index in [-0.39, 0.29) is 7.69 Å². The molecule has 0 heterocycles. The zero-order chi connectivity index (χ0) is 9.14. The van der Waals surface area contributed by atoms with Gasteiger partial charge < -0.3 is 9.68 Å². The molecule has 2 nitrogen and oxygen atoms in total. The highest BCUT2D eigenvalue weighted by molar-refractivity contribution is 6.17. The molecule has 0 aliphatic heterocycles. The van der Waals surface area contributed by atoms with Crippen LogP contribution in [0.15, 0.2) is 12.1 Å². The molecule has 0 spiro atoms. The summed E-state index contributed by atoms with van der Waals surface area (Å²) in [5, 5.41) is 8.07. The second-order valence-corrected chi connectivity index (χ2v) is 1.90. The van der Waals surface area contributed by atoms with Crippen LogP contribution < -0.4 is 4.65 Å². The number of hydrogen-bond acceptors (Lipinski definition) is 2. The lowest BCUT2D eigenvalue weighted by Gasteiger charge is -2.03. The number of hydrogen-bond donors (Lipinski definition) is 1. The first kappa shape index (κ1) is 8.93. The maximum atomic E-state index is 12.6. The fourth-order valence-corrected chi connectivity index (χ4v) is 0.656. The summed E-state index contributed by atoms with van der Waals surface area (Å²) in [5.74, 6) is -4.98. The van der Waals surface area contributed by atoms with Crippen molar-refractivity contribution in [1.82, 2.24) is 0 Å². The van der Waals surface area contributed by atoms with Crippen LogP contribution in [-0.2, 0) is 0 Å². The first-order valence-corrected chi connectivity index (χ1v) is 2.93. The first-order valence-electron chi connectivity index (χ1n) is 2.93. The van der Waals surface area contributed by atoms with Gasteiger partial charge in [0, 0.05) is 0 Å². The van der Waals surface area contributed by atoms with Gasteiger partial charge in [-0.2, -0.15) is 4.39 Å². The standard InChI is InChI=1S/C6H3BF3O2/c8-3-1-2-4(12-7-11)6(10)5(3)9/h1-2,11H. The van der Waals surface area contributed by atoms with Crippen molar-refractivity contribution in [2.45, 2.75) is 0 Å². The second-order valence-electron chi connectivity index (χ2n) is 1.90. The Morgan fingerprint density at radius 1 is 1.17 bits per heavy atom. The molecule has 0 bridgehead atoms. The SMILES string of the molecule is O[B]Oc1ccc(F)c(F)c1F. The molecule has 0 amide bonds. The lowest BCUT2D eigenvalue weighted by Crippen LogP contribution is -2.03. The van der Waals surface area contributed by atoms with Gasteiger partial charge in [-0.1, -0.05) is 0 Å². The summed E-state index contributed by atoms with van der Waals surface area (Å²) in [5.41, 5.74) is 0. The lowest BCUT2D eigenvalue weighted by atomic mass is 10.3. The van der Waals surface area contributed by atoms with Crippen LogP contribution in [0, 0.1) is 17.5 Å². The zero-order valence-corrected chi connectivity index (χ0v) is 5.72. The Morgan fingerprint density at radius 2 is 1.83 bits per heavy atom. The van der Waals surface area contributed by atoms with Crippen molar-refractivity contribution < 1.29 is 22.8 Å². The minimum atomic E-state index is -1.63. The maximum Gasteiger partial charge on any atom is 0.569 e. The number of benzene rings is 1. The zero-order valence-electron chi connectivity index (χ0n) is 5.72. The van der Waals surface area contributed by atoms with Crippen molar-refractivity contribution in [3.8, 4) is 5.75 Å². The average molecular weight is 175 g/mol. The van der Waals surface area contributed by atoms with Crippen molar-refractivity contribution in [1.29, 1.82) is 0 Å². The summed E-state index contributed by atoms with van der Waals surface area (Å²) >= 11 is 0. The second kappa shape index (κ2) is 3.49. The molecule has 0 saturated carbocycles. The maximum absolute atomic E-state index is 12.6. The van der Waals surface area contributed by atoms with E-state index in [1.807, 2.05) is 0 Å². The van der Waals surface area contributed by atoms with Crippen LogP contribution in [0.4, 0.5) is 13.2 Å². The topological polar surface area (TPSA) is 29.5 Å². The molecule has 0 fully saturated rings. The van der Waals surface area contributed by atoms with Crippen molar-refractivity contribution in [2.24, 2.45) is 0 Å². The van der Waals surface area contributed by atoms with Crippen LogP contribution in [-0.4, -0.2) is 12.7 Å². The molecule has 6 heteroatoms. The molecule has 1 aromatic carbocycles. The number of halogens is 3. The van der Waals surface area contributed by atoms with Gasteiger partial charge in [0.15, 0.2) is 11.6 Å². The van der Waals surface area contributed by atoms with Gasteiger partial charge in [0.05, 0.1) is 0 Å². The molecule has 12 heavy (non-hydrogen) atoms. The third-order valence-corrected chi connectivity index (χ3v) is 1.18. The van der Waals surface area contributed by atoms with Crippen LogP contribution in [0.1, 0.15) is 0 Å². The molecule has 1 rings (SSSR count). The van der Waals surface area contributed by atoms with E-state index in [2.05, 4.69) is 4.65 Å². The monoisotopic (exact) mass is 175 g/mol. The van der Waals surface area contributed by atoms with Crippen molar-refractivity contribution in [3.63, 3.8) is 0 Å². The van der Waals surface area contributed by atoms with E-state index in [4.69, 9.17) is 5.02 Å². The van der Waals surface area contributed by atoms with Crippen LogP contribution >= 0.6 is 0 Å². The fourth-order valence-electron chi connectivity index (χ4n) is 0.656. The normalized spacial score (nSPS) is 9.67. The van der Waals surface area contributed by atoms with Gasteiger partial charge in [0.25, 0.3) is 0 Å². The van der Waals surface area contributed by atoms with E-state index < -0.39 is 23.2 Å². The average Bonchev–Trinajstić information content (AvgIpc) is 2.07. The smallest absolute Gasteiger partial charge is 0.535 e. The summed E-state index contributed by atoms with van der Waals surface area (Å²) < 4.78 is 41.3. The Bertz CT molecular complexity index is 292. The Labute approximate surface area is 66.9 Å². The third-order valence-electron chi connectivity index (χ3n) is 1.18. The summed E-state index contributed by atoms with van der Waals surface area (Å²) in [6.07, 6.45) is 0. The highest BCUT2D eigenvalue weighted by atomic mass is 19.2. The largest absolute Gasteiger partial charge is 0.569 e. The van der Waals surface area contributed by atoms with E-state index in [1.165, 1.54) is 0 Å². The van der Waals surface area contributed by atoms with Crippen LogP contribution in [0.2, 0.25) is 0 Å². The molecule has 1 radical (unpaired) electrons. The lowest BCUT2D eigenvalue weighted by molar-refractivity contribution is 0.396. The molecule has 0 saturated heterocycles. The molecule has 0 aliphatic rings. The van der Waals surface area contributed by atoms with E-state index >= 15 is 0 Å². The van der Waals surface area contributed by atoms with Crippen molar-refractivity contribution >= 4 is 7.69 Å². The van der Waals surface area contributed by atoms with Gasteiger partial charge in [-0.3, -0.25) is 0 Å². The molecular weight excluding hydrogens is 172 g/mol. The Balaban J connectivity index is 3.08. The first-order chi connectivity index (χ1) is 5.66. The molecule has 63 valence electrons. The predicted molar refractivity (Wildman–Crippen MR) is 34.9 cm³/mol. The van der Waals surface area contributed by atoms with Crippen molar-refractivity contribution in [3.05, 3.63) is 29.6 Å². The van der Waals surface area contributed by atoms with Gasteiger partial charge in [0.1, 0.15) is 5.75 Å². The highest BCUT2D eigenvalue weighted by Gasteiger charge is 2.13. The van der Waals surface area contributed by atoms with Crippen LogP contribution in [0.5, 0.6) is 5.75 Å². The predicted octanol–water partition coefficient (Wildman–Crippen LogP) is 1.01. The quantitative estimate of drug-likeness (QED) is 0.536. The molecular formula is C6H3BF3O2. The third kappa shape index (κ3) is 1.53. The van der Waals surface area contributed by atoms with E-state index in [9.17, 15) is 13.2 Å². The van der Waals surface area contributed by atoms with Crippen LogP contribution in [0.25, 0.3) is 0 Å². The van der Waals surface area contributed by atoms with Crippen LogP contribution in [0.3, 0.4) is 0 Å². The Morgan fingerprint density at radius 3 is 2.42 bits per heavy atom. The van der Waals surface area contributed by atoms with Gasteiger partial charge >= 0.3 is 7.69 Å². The summed E-state index contributed by atoms with van der Waals surface area (Å²) in [6.45, 7) is 0. The molecule has 0 unspecified atom stereocenters. The fraction of sp³-hybridized carbons (Fsp3) is 0. The molecule has 0 aliphatic carbocycles. The molecule has 1 N–H and O–H groups in total. The summed E-state index contributed by atoms with van der Waals surface area (Å²) in [6, 6.07) is 1.55. The summed E-state index contributed by atoms with van der Waals surface area (Å²) in [7, 11) is 0.176. The van der Waals surface area contributed by atoms with Gasteiger partial charge in [-0.05, 0) is 12.1 Å². The van der Waals surface area contributed by atoms with Gasteiger partial charge in [0.2, 0.25) is 5.82 Å². The molecule has 0 aromatic heterocycles. The molecule has 1 aromatic rings. The van der Waals surface area contributed by atoms with E-state index in [1.54, 1.807) is 0 Å². The molecule has 0 atom stereocenters. The van der Waals surface area contributed by atoms with E-state index in [0.717, 1.165) is 6.07 Å². The van der Waals surface area contributed by atoms with Gasteiger partial charge in [-0.15, -0.1) is 0 Å². The highest BCUT2D eigenvalue weighted by Crippen LogP contribution is 2.20. The Hall–Kier alpha value is -1.17. The Kier molecular flexibility index (Phi) is 2.60.